The van der Waals surface area contributed by atoms with Gasteiger partial charge in [0.1, 0.15) is 0 Å². The van der Waals surface area contributed by atoms with E-state index in [1.54, 1.807) is 0 Å². The number of hydrogen-bond donors (Lipinski definition) is 0. The van der Waals surface area contributed by atoms with Crippen molar-refractivity contribution in [2.75, 3.05) is 0 Å². The summed E-state index contributed by atoms with van der Waals surface area (Å²) >= 11 is 0. The first-order valence-electron chi connectivity index (χ1n) is 49.4. The molecule has 0 unspecified atom stereocenters. The molecule has 0 aliphatic heterocycles. The van der Waals surface area contributed by atoms with Crippen LogP contribution in [-0.2, 0) is 16.2 Å². The zero-order valence-corrected chi connectivity index (χ0v) is 79.5. The van der Waals surface area contributed by atoms with E-state index in [0.717, 1.165) is 117 Å². The maximum absolute atomic E-state index is 5.31. The van der Waals surface area contributed by atoms with E-state index in [0.29, 0.717) is 5.82 Å². The molecule has 6 heteroatoms. The molecular weight excluding hydrogens is 1730 g/mol. The van der Waals surface area contributed by atoms with Gasteiger partial charge in [-0.1, -0.05) is 471 Å². The Bertz CT molecular complexity index is 9360. The van der Waals surface area contributed by atoms with Crippen LogP contribution in [0, 0.1) is 0 Å². The van der Waals surface area contributed by atoms with Crippen LogP contribution in [0.2, 0.25) is 0 Å². The fourth-order valence-electron chi connectivity index (χ4n) is 23.3. The molecule has 672 valence electrons. The first-order chi connectivity index (χ1) is 70.4. The van der Waals surface area contributed by atoms with Gasteiger partial charge in [-0.3, -0.25) is 0 Å². The van der Waals surface area contributed by atoms with E-state index in [1.165, 1.54) is 143 Å². The fourth-order valence-corrected chi connectivity index (χ4v) is 23.3. The Labute approximate surface area is 831 Å². The molecule has 3 heterocycles. The highest BCUT2D eigenvalue weighted by molar-refractivity contribution is 6.14. The Morgan fingerprint density at radius 1 is 0.161 bits per heavy atom. The Morgan fingerprint density at radius 2 is 0.510 bits per heavy atom. The zero-order valence-electron chi connectivity index (χ0n) is 79.5. The molecule has 3 aliphatic carbocycles. The second-order valence-electron chi connectivity index (χ2n) is 38.9. The van der Waals surface area contributed by atoms with Crippen LogP contribution in [0.4, 0.5) is 0 Å². The number of nitrogens with zero attached hydrogens (tertiary/aromatic N) is 6. The monoisotopic (exact) mass is 1820 g/mol. The normalized spacial score (nSPS) is 13.1. The van der Waals surface area contributed by atoms with Gasteiger partial charge >= 0.3 is 0 Å². The predicted octanol–water partition coefficient (Wildman–Crippen LogP) is 35.1. The van der Waals surface area contributed by atoms with Crippen LogP contribution in [0.5, 0.6) is 0 Å². The average molecular weight is 1820 g/mol. The standard InChI is InChI=1S/C55H36N2.C43H30N2.C39H28N2/c1-4-17-37(18-5-1)38-19-14-22-41(33-38)53-47-29-11-13-32-52(47)56-54(57-53)42-23-15-20-39(34-42)45-30-16-21-40-35-51-49(36-48(40)45)46-28-10-12-31-50(46)55(51,43-24-6-2-7-25-43)44-26-8-3-9-27-44;1-43(2)36-21-9-8-18-35(36)39-34-20-11-19-31(33(34)23-24-37(39)43)29-15-10-16-30(26-29)42-44-38-25-22-27-12-6-7-17-32(27)40(38)41(45-42)28-13-4-3-5-14-28;1-39(2)33-20-8-6-16-31(33)36-30-19-11-18-28(29(30)22-23-34(36)39)26-14-10-15-27(24-26)38-40-35-21-9-7-17-32(35)37(41-38)25-12-4-3-5-13-25/h1-36H;3-26H,1-2H3;3-24H,1-2H3. The molecule has 0 amide bonds. The lowest BCUT2D eigenvalue weighted by Gasteiger charge is -2.34. The lowest BCUT2D eigenvalue weighted by Crippen LogP contribution is -2.28. The van der Waals surface area contributed by atoms with Crippen LogP contribution in [0.1, 0.15) is 72.2 Å². The number of benzene rings is 22. The molecule has 0 fully saturated rings. The van der Waals surface area contributed by atoms with Crippen LogP contribution >= 0.6 is 0 Å². The smallest absolute Gasteiger partial charge is 0.160 e. The molecule has 0 saturated carbocycles. The highest BCUT2D eigenvalue weighted by Gasteiger charge is 2.47. The molecule has 0 spiro atoms. The van der Waals surface area contributed by atoms with Crippen molar-refractivity contribution < 1.29 is 0 Å². The molecule has 3 aliphatic rings. The van der Waals surface area contributed by atoms with Crippen molar-refractivity contribution in [1.29, 1.82) is 0 Å². The van der Waals surface area contributed by atoms with Gasteiger partial charge in [-0.2, -0.15) is 0 Å². The van der Waals surface area contributed by atoms with Gasteiger partial charge in [0.05, 0.1) is 39.0 Å². The SMILES string of the molecule is CC1(C)c2ccccc2-c2c1ccc1c(-c3cccc(-c4nc(-c5ccccc5)c5c(ccc6ccccc65)n4)c3)cccc21.CC1(C)c2ccccc2-c2c1ccc1c(-c3cccc(-c4nc(-c5ccccc5)c5ccccc5n4)c3)cccc21.c1ccc(-c2cccc(-c3nc(-c4cccc(-c5cccc6cc7c(cc56)-c5ccccc5C7(c5ccccc5)c5ccccc5)c4)nc4ccccc34)c2)cc1. The van der Waals surface area contributed by atoms with Crippen LogP contribution < -0.4 is 0 Å². The molecule has 0 bridgehead atoms. The summed E-state index contributed by atoms with van der Waals surface area (Å²) in [5.74, 6) is 2.18. The third-order valence-electron chi connectivity index (χ3n) is 30.1. The molecule has 0 atom stereocenters. The molecule has 6 nitrogen and oxygen atoms in total. The summed E-state index contributed by atoms with van der Waals surface area (Å²) in [6.07, 6.45) is 0. The van der Waals surface area contributed by atoms with Crippen LogP contribution in [-0.4, -0.2) is 29.9 Å². The molecule has 3 aromatic heterocycles. The van der Waals surface area contributed by atoms with Gasteiger partial charge in [-0.25, -0.2) is 29.9 Å². The van der Waals surface area contributed by atoms with Crippen molar-refractivity contribution in [3.8, 4) is 146 Å². The van der Waals surface area contributed by atoms with Gasteiger partial charge < -0.3 is 0 Å². The summed E-state index contributed by atoms with van der Waals surface area (Å²) in [5.41, 5.74) is 39.6. The van der Waals surface area contributed by atoms with Crippen molar-refractivity contribution >= 4 is 75.8 Å². The van der Waals surface area contributed by atoms with Crippen molar-refractivity contribution in [3.05, 3.63) is 542 Å². The summed E-state index contributed by atoms with van der Waals surface area (Å²) in [4.78, 5) is 31.0. The highest BCUT2D eigenvalue weighted by Crippen LogP contribution is 2.59. The zero-order chi connectivity index (χ0) is 95.4. The van der Waals surface area contributed by atoms with Crippen molar-refractivity contribution in [1.82, 2.24) is 29.9 Å². The van der Waals surface area contributed by atoms with Crippen molar-refractivity contribution in [3.63, 3.8) is 0 Å². The number of rotatable bonds is 12. The average Bonchev–Trinajstić information content (AvgIpc) is 1.53. The van der Waals surface area contributed by atoms with E-state index in [-0.39, 0.29) is 10.8 Å². The molecule has 22 aromatic carbocycles. The third-order valence-corrected chi connectivity index (χ3v) is 30.1. The molecule has 25 aromatic rings. The van der Waals surface area contributed by atoms with Crippen LogP contribution in [0.15, 0.2) is 497 Å². The first-order valence-corrected chi connectivity index (χ1v) is 49.4. The van der Waals surface area contributed by atoms with Crippen LogP contribution in [0.25, 0.3) is 222 Å². The van der Waals surface area contributed by atoms with E-state index in [2.05, 4.69) is 513 Å². The molecule has 0 radical (unpaired) electrons. The maximum atomic E-state index is 5.31. The summed E-state index contributed by atoms with van der Waals surface area (Å²) < 4.78 is 0. The second kappa shape index (κ2) is 34.8. The quantitative estimate of drug-likeness (QED) is 0.113. The van der Waals surface area contributed by atoms with Gasteiger partial charge in [0, 0.05) is 60.4 Å². The Morgan fingerprint density at radius 3 is 1.03 bits per heavy atom. The Balaban J connectivity index is 0.000000111. The summed E-state index contributed by atoms with van der Waals surface area (Å²) in [7, 11) is 0. The summed E-state index contributed by atoms with van der Waals surface area (Å²) in [5, 5.41) is 13.1. The number of aromatic nitrogens is 6. The van der Waals surface area contributed by atoms with Gasteiger partial charge in [0.25, 0.3) is 0 Å². The molecule has 28 rings (SSSR count). The minimum absolute atomic E-state index is 0.0140. The van der Waals surface area contributed by atoms with Gasteiger partial charge in [-0.05, 0) is 220 Å². The van der Waals surface area contributed by atoms with Crippen LogP contribution in [0.3, 0.4) is 0 Å². The molecule has 0 N–H and O–H groups in total. The predicted molar refractivity (Wildman–Crippen MR) is 595 cm³/mol. The fraction of sp³-hybridized carbons (Fsp3) is 0.0511. The minimum Gasteiger partial charge on any atom is -0.228 e. The summed E-state index contributed by atoms with van der Waals surface area (Å²) in [6.45, 7) is 9.36. The molecule has 0 saturated heterocycles. The Hall–Kier alpha value is -18.1. The molecule has 143 heavy (non-hydrogen) atoms. The van der Waals surface area contributed by atoms with E-state index < -0.39 is 5.41 Å². The molecular formula is C137H94N6. The lowest BCUT2D eigenvalue weighted by molar-refractivity contribution is 0.660. The minimum atomic E-state index is -0.440. The van der Waals surface area contributed by atoms with Gasteiger partial charge in [0.2, 0.25) is 0 Å². The van der Waals surface area contributed by atoms with Crippen molar-refractivity contribution in [2.24, 2.45) is 0 Å². The number of fused-ring (bicyclic) bond motifs is 19. The largest absolute Gasteiger partial charge is 0.228 e. The van der Waals surface area contributed by atoms with E-state index in [4.69, 9.17) is 29.9 Å². The van der Waals surface area contributed by atoms with Gasteiger partial charge in [-0.15, -0.1) is 0 Å². The third kappa shape index (κ3) is 14.5. The van der Waals surface area contributed by atoms with Gasteiger partial charge in [0.15, 0.2) is 17.5 Å². The summed E-state index contributed by atoms with van der Waals surface area (Å²) in [6, 6.07) is 179. The maximum Gasteiger partial charge on any atom is 0.160 e. The Kier molecular flexibility index (Phi) is 20.8. The topological polar surface area (TPSA) is 77.3 Å². The lowest BCUT2D eigenvalue weighted by atomic mass is 9.67. The van der Waals surface area contributed by atoms with Crippen molar-refractivity contribution in [2.45, 2.75) is 43.9 Å². The van der Waals surface area contributed by atoms with E-state index >= 15 is 0 Å². The number of para-hydroxylation sites is 2. The van der Waals surface area contributed by atoms with E-state index in [1.807, 2.05) is 12.1 Å². The second-order valence-corrected chi connectivity index (χ2v) is 38.9. The first kappa shape index (κ1) is 85.3. The highest BCUT2D eigenvalue weighted by atomic mass is 14.9. The van der Waals surface area contributed by atoms with E-state index in [9.17, 15) is 0 Å². The number of hydrogen-bond acceptors (Lipinski definition) is 6.